The van der Waals surface area contributed by atoms with E-state index in [2.05, 4.69) is 6.07 Å². The first kappa shape index (κ1) is 26.3. The summed E-state index contributed by atoms with van der Waals surface area (Å²) in [5.74, 6) is 1.76. The number of methoxy groups -OCH3 is 3. The van der Waals surface area contributed by atoms with Gasteiger partial charge in [-0.2, -0.15) is 5.26 Å². The van der Waals surface area contributed by atoms with E-state index in [4.69, 9.17) is 14.2 Å². The van der Waals surface area contributed by atoms with Gasteiger partial charge in [0, 0.05) is 13.1 Å². The van der Waals surface area contributed by atoms with Gasteiger partial charge in [0.15, 0.2) is 23.0 Å². The Morgan fingerprint density at radius 1 is 1.00 bits per heavy atom. The van der Waals surface area contributed by atoms with E-state index in [9.17, 15) is 14.8 Å². The molecule has 6 nitrogen and oxygen atoms in total. The summed E-state index contributed by atoms with van der Waals surface area (Å²) in [7, 11) is 4.66. The molecule has 0 unspecified atom stereocenters. The molecule has 0 heterocycles. The van der Waals surface area contributed by atoms with Crippen LogP contribution < -0.4 is 14.2 Å². The predicted molar refractivity (Wildman–Crippen MR) is 127 cm³/mol. The molecule has 33 heavy (non-hydrogen) atoms. The van der Waals surface area contributed by atoms with Crippen molar-refractivity contribution < 1.29 is 23.7 Å². The number of nitriles is 1. The molecule has 0 aliphatic heterocycles. The molecule has 0 radical (unpaired) electrons. The molecule has 2 rings (SSSR count). The maximum absolute atomic E-state index is 13.7. The molecule has 2 aromatic carbocycles. The summed E-state index contributed by atoms with van der Waals surface area (Å²) < 4.78 is 29.6. The van der Waals surface area contributed by atoms with Crippen LogP contribution in [0.25, 0.3) is 0 Å². The third kappa shape index (κ3) is 6.29. The number of phenolic OH excluding ortho intramolecular Hbond substituents is 1. The molecule has 1 N–H and O–H groups in total. The van der Waals surface area contributed by atoms with E-state index < -0.39 is 12.2 Å². The monoisotopic (exact) mass is 458 g/mol. The molecule has 7 heteroatoms. The highest BCUT2D eigenvalue weighted by Gasteiger charge is 2.36. The summed E-state index contributed by atoms with van der Waals surface area (Å²) in [6.07, 6.45) is 1.90. The smallest absolute Gasteiger partial charge is 0.161 e. The van der Waals surface area contributed by atoms with Crippen LogP contribution in [-0.4, -0.2) is 51.2 Å². The second kappa shape index (κ2) is 12.3. The van der Waals surface area contributed by atoms with Crippen LogP contribution in [0, 0.1) is 17.2 Å². The normalized spacial score (nSPS) is 12.9. The molecule has 1 atom stereocenters. The highest BCUT2D eigenvalue weighted by Crippen LogP contribution is 2.40. The van der Waals surface area contributed by atoms with Gasteiger partial charge in [-0.3, -0.25) is 4.90 Å². The van der Waals surface area contributed by atoms with Gasteiger partial charge in [0.05, 0.1) is 32.8 Å². The maximum atomic E-state index is 13.7. The van der Waals surface area contributed by atoms with Crippen molar-refractivity contribution >= 4 is 0 Å². The topological polar surface area (TPSA) is 75.0 Å². The third-order valence-corrected chi connectivity index (χ3v) is 6.26. The molecule has 0 saturated heterocycles. The lowest BCUT2D eigenvalue weighted by Gasteiger charge is -2.32. The highest BCUT2D eigenvalue weighted by atomic mass is 19.1. The second-order valence-electron chi connectivity index (χ2n) is 8.40. The first-order valence-electron chi connectivity index (χ1n) is 11.1. The van der Waals surface area contributed by atoms with E-state index in [1.165, 1.54) is 7.11 Å². The maximum Gasteiger partial charge on any atom is 0.161 e. The average molecular weight is 459 g/mol. The first-order valence-corrected chi connectivity index (χ1v) is 11.1. The SMILES string of the molecule is COc1cc(CCN(CF)CCC[C@@](C#N)(c2ccc(OC)c(OC)c2)C(C)C)ccc1O. The van der Waals surface area contributed by atoms with Gasteiger partial charge >= 0.3 is 0 Å². The van der Waals surface area contributed by atoms with Crippen LogP contribution in [0.5, 0.6) is 23.0 Å². The van der Waals surface area contributed by atoms with Gasteiger partial charge in [0.25, 0.3) is 0 Å². The second-order valence-corrected chi connectivity index (χ2v) is 8.40. The minimum absolute atomic E-state index is 0.0592. The van der Waals surface area contributed by atoms with Crippen molar-refractivity contribution in [2.45, 2.75) is 38.5 Å². The predicted octanol–water partition coefficient (Wildman–Crippen LogP) is 5.09. The molecule has 2 aromatic rings. The molecule has 0 amide bonds. The summed E-state index contributed by atoms with van der Waals surface area (Å²) in [6.45, 7) is 4.57. The zero-order valence-corrected chi connectivity index (χ0v) is 20.2. The number of alkyl halides is 1. The van der Waals surface area contributed by atoms with Crippen LogP contribution in [0.1, 0.15) is 37.8 Å². The lowest BCUT2D eigenvalue weighted by atomic mass is 9.69. The number of ether oxygens (including phenoxy) is 3. The van der Waals surface area contributed by atoms with Gasteiger partial charge in [0.1, 0.15) is 6.80 Å². The third-order valence-electron chi connectivity index (χ3n) is 6.26. The Morgan fingerprint density at radius 3 is 2.27 bits per heavy atom. The Kier molecular flexibility index (Phi) is 9.80. The van der Waals surface area contributed by atoms with Gasteiger partial charge in [-0.1, -0.05) is 26.0 Å². The molecule has 180 valence electrons. The summed E-state index contributed by atoms with van der Waals surface area (Å²) in [6, 6.07) is 13.3. The van der Waals surface area contributed by atoms with Crippen LogP contribution in [-0.2, 0) is 11.8 Å². The van der Waals surface area contributed by atoms with Crippen LogP contribution in [0.3, 0.4) is 0 Å². The molecule has 0 aliphatic carbocycles. The molecular weight excluding hydrogens is 423 g/mol. The minimum atomic E-state index is -0.716. The zero-order valence-electron chi connectivity index (χ0n) is 20.2. The van der Waals surface area contributed by atoms with Gasteiger partial charge < -0.3 is 19.3 Å². The fourth-order valence-corrected chi connectivity index (χ4v) is 4.11. The van der Waals surface area contributed by atoms with E-state index in [0.29, 0.717) is 49.6 Å². The fourth-order valence-electron chi connectivity index (χ4n) is 4.11. The molecule has 0 aromatic heterocycles. The average Bonchev–Trinajstić information content (AvgIpc) is 2.84. The number of hydrogen-bond acceptors (Lipinski definition) is 6. The molecule has 0 spiro atoms. The summed E-state index contributed by atoms with van der Waals surface area (Å²) in [5, 5.41) is 19.9. The van der Waals surface area contributed by atoms with Crippen LogP contribution in [0.15, 0.2) is 36.4 Å². The number of halogens is 1. The number of phenols is 1. The fraction of sp³-hybridized carbons (Fsp3) is 0.500. The van der Waals surface area contributed by atoms with E-state index in [0.717, 1.165) is 11.1 Å². The lowest BCUT2D eigenvalue weighted by molar-refractivity contribution is 0.178. The zero-order chi connectivity index (χ0) is 24.4. The van der Waals surface area contributed by atoms with Gasteiger partial charge in [0.2, 0.25) is 0 Å². The van der Waals surface area contributed by atoms with Gasteiger partial charge in [-0.15, -0.1) is 0 Å². The Bertz CT molecular complexity index is 944. The van der Waals surface area contributed by atoms with Crippen molar-refractivity contribution in [3.8, 4) is 29.1 Å². The number of nitrogens with zero attached hydrogens (tertiary/aromatic N) is 2. The minimum Gasteiger partial charge on any atom is -0.504 e. The summed E-state index contributed by atoms with van der Waals surface area (Å²) >= 11 is 0. The highest BCUT2D eigenvalue weighted by molar-refractivity contribution is 5.47. The van der Waals surface area contributed by atoms with E-state index in [1.54, 1.807) is 31.3 Å². The first-order chi connectivity index (χ1) is 15.8. The standard InChI is InChI=1S/C26H35FN2O4/c1-19(2)26(17-28,21-8-10-23(31-3)25(16-21)33-5)12-6-13-29(18-27)14-11-20-7-9-22(30)24(15-20)32-4/h7-10,15-16,19,30H,6,11-14,18H2,1-5H3/t26-/m0/s1. The Balaban J connectivity index is 2.07. The number of hydrogen-bond donors (Lipinski definition) is 1. The Labute approximate surface area is 196 Å². The molecular formula is C26H35FN2O4. The summed E-state index contributed by atoms with van der Waals surface area (Å²) in [5.41, 5.74) is 1.12. The molecule has 0 bridgehead atoms. The molecule has 0 aliphatic rings. The van der Waals surface area contributed by atoms with Crippen molar-refractivity contribution in [2.75, 3.05) is 41.2 Å². The van der Waals surface area contributed by atoms with Crippen molar-refractivity contribution in [3.63, 3.8) is 0 Å². The van der Waals surface area contributed by atoms with E-state index >= 15 is 0 Å². The number of aromatic hydroxyl groups is 1. The van der Waals surface area contributed by atoms with Crippen LogP contribution >= 0.6 is 0 Å². The quantitative estimate of drug-likeness (QED) is 0.422. The summed E-state index contributed by atoms with van der Waals surface area (Å²) in [4.78, 5) is 1.73. The van der Waals surface area contributed by atoms with Crippen molar-refractivity contribution in [1.29, 1.82) is 5.26 Å². The molecule has 0 saturated carbocycles. The van der Waals surface area contributed by atoms with Gasteiger partial charge in [-0.05, 0) is 60.6 Å². The van der Waals surface area contributed by atoms with Crippen molar-refractivity contribution in [2.24, 2.45) is 5.92 Å². The largest absolute Gasteiger partial charge is 0.504 e. The van der Waals surface area contributed by atoms with Crippen molar-refractivity contribution in [1.82, 2.24) is 4.90 Å². The Morgan fingerprint density at radius 2 is 1.70 bits per heavy atom. The Hall–Kier alpha value is -2.98. The molecule has 0 fully saturated rings. The van der Waals surface area contributed by atoms with E-state index in [1.807, 2.05) is 38.1 Å². The lowest BCUT2D eigenvalue weighted by Crippen LogP contribution is -2.33. The van der Waals surface area contributed by atoms with Crippen LogP contribution in [0.2, 0.25) is 0 Å². The van der Waals surface area contributed by atoms with Crippen LogP contribution in [0.4, 0.5) is 4.39 Å². The van der Waals surface area contributed by atoms with Gasteiger partial charge in [-0.25, -0.2) is 4.39 Å². The van der Waals surface area contributed by atoms with Crippen molar-refractivity contribution in [3.05, 3.63) is 47.5 Å². The number of benzene rings is 2. The number of rotatable bonds is 13. The van der Waals surface area contributed by atoms with E-state index in [-0.39, 0.29) is 11.7 Å².